The number of ether oxygens (including phenoxy) is 1. The summed E-state index contributed by atoms with van der Waals surface area (Å²) in [4.78, 5) is 0. The summed E-state index contributed by atoms with van der Waals surface area (Å²) in [6, 6.07) is 3.91. The Bertz CT molecular complexity index is 468. The first-order chi connectivity index (χ1) is 9.36. The van der Waals surface area contributed by atoms with Gasteiger partial charge in [-0.15, -0.1) is 0 Å². The van der Waals surface area contributed by atoms with E-state index < -0.39 is 17.3 Å². The van der Waals surface area contributed by atoms with Gasteiger partial charge in [0.2, 0.25) is 0 Å². The minimum absolute atomic E-state index is 0.146. The summed E-state index contributed by atoms with van der Waals surface area (Å²) in [6.45, 7) is 1.20. The predicted octanol–water partition coefficient (Wildman–Crippen LogP) is 2.37. The number of benzene rings is 1. The van der Waals surface area contributed by atoms with Crippen LogP contribution in [0.2, 0.25) is 0 Å². The molecule has 1 aromatic rings. The standard InChI is InChI=1S/C14H18F3NO2/c1-20-12-10(4-2-5-11(12)14(15,16)17)8-13(19)6-3-7-18-9-13/h2,4-5,18-19H,3,6-9H2,1H3. The number of alkyl halides is 3. The fraction of sp³-hybridized carbons (Fsp3) is 0.571. The Hall–Kier alpha value is -1.27. The zero-order valence-electron chi connectivity index (χ0n) is 11.3. The number of methoxy groups -OCH3 is 1. The van der Waals surface area contributed by atoms with Gasteiger partial charge < -0.3 is 15.2 Å². The molecule has 0 bridgehead atoms. The van der Waals surface area contributed by atoms with Gasteiger partial charge in [-0.2, -0.15) is 13.2 Å². The number of β-amino-alcohol motifs (C(OH)–C–C–N with tert-alkyl or cyclic N) is 1. The molecule has 2 N–H and O–H groups in total. The Morgan fingerprint density at radius 2 is 2.15 bits per heavy atom. The van der Waals surface area contributed by atoms with Crippen molar-refractivity contribution < 1.29 is 23.0 Å². The number of para-hydroxylation sites is 1. The first-order valence-electron chi connectivity index (χ1n) is 6.52. The van der Waals surface area contributed by atoms with Crippen molar-refractivity contribution in [3.05, 3.63) is 29.3 Å². The highest BCUT2D eigenvalue weighted by atomic mass is 19.4. The van der Waals surface area contributed by atoms with Crippen molar-refractivity contribution in [2.24, 2.45) is 0 Å². The minimum Gasteiger partial charge on any atom is -0.496 e. The van der Waals surface area contributed by atoms with Gasteiger partial charge in [-0.3, -0.25) is 0 Å². The molecule has 1 unspecified atom stereocenters. The quantitative estimate of drug-likeness (QED) is 0.897. The Labute approximate surface area is 115 Å². The summed E-state index contributed by atoms with van der Waals surface area (Å²) in [5, 5.41) is 13.5. The summed E-state index contributed by atoms with van der Waals surface area (Å²) in [5.74, 6) is -0.195. The van der Waals surface area contributed by atoms with E-state index in [1.807, 2.05) is 0 Å². The van der Waals surface area contributed by atoms with Gasteiger partial charge in [0.1, 0.15) is 5.75 Å². The van der Waals surface area contributed by atoms with Gasteiger partial charge in [-0.25, -0.2) is 0 Å². The molecule has 1 heterocycles. The molecule has 0 amide bonds. The largest absolute Gasteiger partial charge is 0.496 e. The number of halogens is 3. The predicted molar refractivity (Wildman–Crippen MR) is 68.8 cm³/mol. The lowest BCUT2D eigenvalue weighted by Crippen LogP contribution is -2.47. The Balaban J connectivity index is 2.32. The molecule has 1 aliphatic rings. The third kappa shape index (κ3) is 3.24. The van der Waals surface area contributed by atoms with E-state index in [9.17, 15) is 18.3 Å². The Morgan fingerprint density at radius 3 is 2.70 bits per heavy atom. The monoisotopic (exact) mass is 289 g/mol. The average molecular weight is 289 g/mol. The molecular formula is C14H18F3NO2. The van der Waals surface area contributed by atoms with Crippen LogP contribution in [0.15, 0.2) is 18.2 Å². The highest BCUT2D eigenvalue weighted by Gasteiger charge is 2.37. The van der Waals surface area contributed by atoms with Crippen molar-refractivity contribution in [2.45, 2.75) is 31.0 Å². The smallest absolute Gasteiger partial charge is 0.419 e. The number of hydrogen-bond donors (Lipinski definition) is 2. The topological polar surface area (TPSA) is 41.5 Å². The third-order valence-electron chi connectivity index (χ3n) is 3.58. The second-order valence-corrected chi connectivity index (χ2v) is 5.18. The number of rotatable bonds is 3. The van der Waals surface area contributed by atoms with Gasteiger partial charge in [0.05, 0.1) is 18.3 Å². The molecule has 112 valence electrons. The SMILES string of the molecule is COc1c(CC2(O)CCCNC2)cccc1C(F)(F)F. The van der Waals surface area contributed by atoms with E-state index >= 15 is 0 Å². The maximum atomic E-state index is 12.9. The van der Waals surface area contributed by atoms with Gasteiger partial charge in [-0.1, -0.05) is 12.1 Å². The molecule has 1 saturated heterocycles. The Kier molecular flexibility index (Phi) is 4.25. The van der Waals surface area contributed by atoms with Crippen LogP contribution >= 0.6 is 0 Å². The number of nitrogens with one attached hydrogen (secondary N) is 1. The van der Waals surface area contributed by atoms with E-state index in [-0.39, 0.29) is 12.2 Å². The summed E-state index contributed by atoms with van der Waals surface area (Å²) in [5.41, 5.74) is -1.44. The van der Waals surface area contributed by atoms with Crippen molar-refractivity contribution in [3.63, 3.8) is 0 Å². The van der Waals surface area contributed by atoms with Crippen molar-refractivity contribution in [3.8, 4) is 5.75 Å². The molecular weight excluding hydrogens is 271 g/mol. The molecule has 20 heavy (non-hydrogen) atoms. The zero-order chi connectivity index (χ0) is 14.8. The molecule has 1 aliphatic heterocycles. The second-order valence-electron chi connectivity index (χ2n) is 5.18. The van der Waals surface area contributed by atoms with Crippen LogP contribution in [0.5, 0.6) is 5.75 Å². The average Bonchev–Trinajstić information content (AvgIpc) is 2.37. The van der Waals surface area contributed by atoms with Gasteiger partial charge in [0.15, 0.2) is 0 Å². The van der Waals surface area contributed by atoms with Crippen LogP contribution in [-0.2, 0) is 12.6 Å². The Morgan fingerprint density at radius 1 is 1.40 bits per heavy atom. The molecule has 3 nitrogen and oxygen atoms in total. The van der Waals surface area contributed by atoms with E-state index in [2.05, 4.69) is 5.32 Å². The van der Waals surface area contributed by atoms with E-state index in [0.29, 0.717) is 18.5 Å². The summed E-state index contributed by atoms with van der Waals surface area (Å²) in [6.07, 6.45) is -2.95. The minimum atomic E-state index is -4.46. The van der Waals surface area contributed by atoms with Crippen LogP contribution in [0.1, 0.15) is 24.0 Å². The van der Waals surface area contributed by atoms with Crippen LogP contribution in [0, 0.1) is 0 Å². The molecule has 6 heteroatoms. The maximum Gasteiger partial charge on any atom is 0.419 e. The van der Waals surface area contributed by atoms with Gasteiger partial charge in [0.25, 0.3) is 0 Å². The summed E-state index contributed by atoms with van der Waals surface area (Å²) >= 11 is 0. The molecule has 0 saturated carbocycles. The maximum absolute atomic E-state index is 12.9. The summed E-state index contributed by atoms with van der Waals surface area (Å²) in [7, 11) is 1.22. The molecule has 0 aromatic heterocycles. The van der Waals surface area contributed by atoms with Crippen LogP contribution in [0.3, 0.4) is 0 Å². The fourth-order valence-electron chi connectivity index (χ4n) is 2.65. The molecule has 0 aliphatic carbocycles. The molecule has 0 radical (unpaired) electrons. The van der Waals surface area contributed by atoms with Crippen LogP contribution < -0.4 is 10.1 Å². The first-order valence-corrected chi connectivity index (χ1v) is 6.52. The lowest BCUT2D eigenvalue weighted by molar-refractivity contribution is -0.138. The van der Waals surface area contributed by atoms with Crippen molar-refractivity contribution in [1.82, 2.24) is 5.32 Å². The molecule has 2 rings (SSSR count). The molecule has 1 fully saturated rings. The van der Waals surface area contributed by atoms with Crippen molar-refractivity contribution in [1.29, 1.82) is 0 Å². The zero-order valence-corrected chi connectivity index (χ0v) is 11.3. The van der Waals surface area contributed by atoms with Crippen LogP contribution in [0.4, 0.5) is 13.2 Å². The highest BCUT2D eigenvalue weighted by molar-refractivity contribution is 5.44. The normalized spacial score (nSPS) is 23.6. The number of aliphatic hydroxyl groups is 1. The molecule has 0 spiro atoms. The lowest BCUT2D eigenvalue weighted by Gasteiger charge is -2.33. The number of piperidine rings is 1. The van der Waals surface area contributed by atoms with E-state index in [4.69, 9.17) is 4.74 Å². The third-order valence-corrected chi connectivity index (χ3v) is 3.58. The van der Waals surface area contributed by atoms with E-state index in [1.54, 1.807) is 6.07 Å². The van der Waals surface area contributed by atoms with Crippen LogP contribution in [0.25, 0.3) is 0 Å². The van der Waals surface area contributed by atoms with Gasteiger partial charge in [0, 0.05) is 13.0 Å². The van der Waals surface area contributed by atoms with Gasteiger partial charge >= 0.3 is 6.18 Å². The summed E-state index contributed by atoms with van der Waals surface area (Å²) < 4.78 is 43.7. The van der Waals surface area contributed by atoms with Gasteiger partial charge in [-0.05, 0) is 31.0 Å². The lowest BCUT2D eigenvalue weighted by atomic mass is 9.86. The fourth-order valence-corrected chi connectivity index (χ4v) is 2.65. The second kappa shape index (κ2) is 5.61. The number of hydrogen-bond acceptors (Lipinski definition) is 3. The van der Waals surface area contributed by atoms with Crippen molar-refractivity contribution in [2.75, 3.05) is 20.2 Å². The van der Waals surface area contributed by atoms with Crippen molar-refractivity contribution >= 4 is 0 Å². The highest BCUT2D eigenvalue weighted by Crippen LogP contribution is 2.39. The molecule has 1 atom stereocenters. The first kappa shape index (κ1) is 15.1. The molecule has 1 aromatic carbocycles. The van der Waals surface area contributed by atoms with E-state index in [0.717, 1.165) is 19.0 Å². The van der Waals surface area contributed by atoms with E-state index in [1.165, 1.54) is 13.2 Å². The van der Waals surface area contributed by atoms with Crippen LogP contribution in [-0.4, -0.2) is 30.9 Å².